The quantitative estimate of drug-likeness (QED) is 0.535. The fourth-order valence-corrected chi connectivity index (χ4v) is 0. The van der Waals surface area contributed by atoms with Gasteiger partial charge in [0.05, 0.1) is 0 Å². The second kappa shape index (κ2) is 15.7. The first-order chi connectivity index (χ1) is 4.46. The normalized spacial score (nSPS) is 5.60. The van der Waals surface area contributed by atoms with E-state index in [0.29, 0.717) is 5.70 Å². The number of primary amides is 1. The van der Waals surface area contributed by atoms with Gasteiger partial charge in [0.25, 0.3) is 0 Å². The molecule has 0 aromatic heterocycles. The molecule has 3 nitrogen and oxygen atoms in total. The molecule has 0 aromatic rings. The molecule has 0 bridgehead atoms. The summed E-state index contributed by atoms with van der Waals surface area (Å²) in [5, 5.41) is 0. The Morgan fingerprint density at radius 3 is 1.20 bits per heavy atom. The van der Waals surface area contributed by atoms with E-state index in [0.717, 1.165) is 0 Å². The largest absolute Gasteiger partial charge is 0.403 e. The summed E-state index contributed by atoms with van der Waals surface area (Å²) < 4.78 is 0. The summed E-state index contributed by atoms with van der Waals surface area (Å²) in [6, 6.07) is 0. The molecule has 0 aliphatic rings. The summed E-state index contributed by atoms with van der Waals surface area (Å²) in [6.07, 6.45) is 0. The molecule has 1 amide bonds. The third-order valence-electron chi connectivity index (χ3n) is 0. The number of hydrogen-bond acceptors (Lipinski definition) is 2. The lowest BCUT2D eigenvalue weighted by molar-refractivity contribution is -0.115. The van der Waals surface area contributed by atoms with Crippen molar-refractivity contribution in [2.45, 2.75) is 27.7 Å². The van der Waals surface area contributed by atoms with Gasteiger partial charge in [-0.15, -0.1) is 0 Å². The zero-order valence-corrected chi connectivity index (χ0v) is 7.27. The minimum absolute atomic E-state index is 0.333. The van der Waals surface area contributed by atoms with Crippen LogP contribution < -0.4 is 11.5 Å². The van der Waals surface area contributed by atoms with E-state index in [1.54, 1.807) is 6.92 Å². The van der Waals surface area contributed by atoms with E-state index in [1.165, 1.54) is 6.92 Å². The van der Waals surface area contributed by atoms with Crippen molar-refractivity contribution in [3.63, 3.8) is 0 Å². The van der Waals surface area contributed by atoms with Crippen LogP contribution in [-0.2, 0) is 4.79 Å². The van der Waals surface area contributed by atoms with Gasteiger partial charge in [-0.05, 0) is 12.6 Å². The first-order valence-electron chi connectivity index (χ1n) is 3.14. The minimum Gasteiger partial charge on any atom is -0.403 e. The highest BCUT2D eigenvalue weighted by molar-refractivity contribution is 5.70. The maximum atomic E-state index is 9.22. The summed E-state index contributed by atoms with van der Waals surface area (Å²) in [5.41, 5.74) is 10.1. The van der Waals surface area contributed by atoms with Crippen LogP contribution >= 0.6 is 0 Å². The number of rotatable bonds is 0. The lowest BCUT2D eigenvalue weighted by Gasteiger charge is -1.69. The van der Waals surface area contributed by atoms with E-state index in [2.05, 4.69) is 12.3 Å². The summed E-state index contributed by atoms with van der Waals surface area (Å²) in [6.45, 7) is 10.4. The third-order valence-corrected chi connectivity index (χ3v) is 0. The summed E-state index contributed by atoms with van der Waals surface area (Å²) in [5.74, 6) is -0.333. The monoisotopic (exact) mass is 146 g/mol. The average molecular weight is 146 g/mol. The number of amides is 1. The molecule has 0 unspecified atom stereocenters. The van der Waals surface area contributed by atoms with Gasteiger partial charge in [0.1, 0.15) is 0 Å². The van der Waals surface area contributed by atoms with E-state index in [1.807, 2.05) is 13.8 Å². The van der Waals surface area contributed by atoms with Crippen molar-refractivity contribution in [1.29, 1.82) is 0 Å². The molecule has 0 aliphatic carbocycles. The van der Waals surface area contributed by atoms with Crippen LogP contribution in [0.4, 0.5) is 0 Å². The Bertz CT molecular complexity index is 69.6. The predicted molar refractivity (Wildman–Crippen MR) is 45.2 cm³/mol. The van der Waals surface area contributed by atoms with Crippen LogP contribution in [0, 0.1) is 0 Å². The lowest BCUT2D eigenvalue weighted by atomic mass is 10.6. The predicted octanol–water partition coefficient (Wildman–Crippen LogP) is 0.996. The highest BCUT2D eigenvalue weighted by atomic mass is 16.1. The van der Waals surface area contributed by atoms with Crippen molar-refractivity contribution in [3.05, 3.63) is 12.3 Å². The van der Waals surface area contributed by atoms with Crippen LogP contribution in [0.5, 0.6) is 0 Å². The number of nitrogens with two attached hydrogens (primary N) is 2. The van der Waals surface area contributed by atoms with Crippen LogP contribution in [0.25, 0.3) is 0 Å². The van der Waals surface area contributed by atoms with E-state index in [-0.39, 0.29) is 5.91 Å². The zero-order chi connectivity index (χ0) is 9.15. The topological polar surface area (TPSA) is 69.1 Å². The van der Waals surface area contributed by atoms with Crippen LogP contribution in [0.15, 0.2) is 12.3 Å². The Labute approximate surface area is 63.1 Å². The van der Waals surface area contributed by atoms with Crippen LogP contribution in [0.3, 0.4) is 0 Å². The second-order valence-electron chi connectivity index (χ2n) is 1.46. The van der Waals surface area contributed by atoms with Crippen molar-refractivity contribution in [2.75, 3.05) is 0 Å². The molecule has 62 valence electrons. The fraction of sp³-hybridized carbons (Fsp3) is 0.571. The van der Waals surface area contributed by atoms with E-state index < -0.39 is 0 Å². The second-order valence-corrected chi connectivity index (χ2v) is 1.46. The number of carbonyl (C=O) groups excluding carboxylic acids is 1. The molecular weight excluding hydrogens is 128 g/mol. The molecular formula is C7H18N2O. The van der Waals surface area contributed by atoms with Crippen LogP contribution in [0.1, 0.15) is 27.7 Å². The van der Waals surface area contributed by atoms with Gasteiger partial charge in [-0.3, -0.25) is 4.79 Å². The van der Waals surface area contributed by atoms with Gasteiger partial charge in [-0.1, -0.05) is 20.4 Å². The minimum atomic E-state index is -0.333. The Hall–Kier alpha value is -0.990. The SMILES string of the molecule is C=C(C)N.CC.CC(N)=O. The Morgan fingerprint density at radius 2 is 1.20 bits per heavy atom. The van der Waals surface area contributed by atoms with Gasteiger partial charge in [0.15, 0.2) is 0 Å². The number of hydrogen-bond donors (Lipinski definition) is 2. The maximum absolute atomic E-state index is 9.22. The number of carbonyl (C=O) groups is 1. The molecule has 0 saturated heterocycles. The Kier molecular flexibility index (Phi) is 25.1. The molecule has 0 aromatic carbocycles. The first kappa shape index (κ1) is 16.0. The van der Waals surface area contributed by atoms with Gasteiger partial charge in [-0.2, -0.15) is 0 Å². The summed E-state index contributed by atoms with van der Waals surface area (Å²) >= 11 is 0. The van der Waals surface area contributed by atoms with Crippen molar-refractivity contribution < 1.29 is 4.79 Å². The van der Waals surface area contributed by atoms with Gasteiger partial charge >= 0.3 is 0 Å². The molecule has 3 heteroatoms. The first-order valence-corrected chi connectivity index (χ1v) is 3.14. The van der Waals surface area contributed by atoms with Crippen molar-refractivity contribution >= 4 is 5.91 Å². The summed E-state index contributed by atoms with van der Waals surface area (Å²) in [7, 11) is 0. The molecule has 10 heavy (non-hydrogen) atoms. The van der Waals surface area contributed by atoms with Crippen molar-refractivity contribution in [1.82, 2.24) is 0 Å². The van der Waals surface area contributed by atoms with Gasteiger partial charge < -0.3 is 11.5 Å². The zero-order valence-electron chi connectivity index (χ0n) is 7.27. The van der Waals surface area contributed by atoms with E-state index in [4.69, 9.17) is 5.73 Å². The Morgan fingerprint density at radius 1 is 1.20 bits per heavy atom. The highest BCUT2D eigenvalue weighted by Crippen LogP contribution is 1.58. The Balaban J connectivity index is -0.0000000787. The fourth-order valence-electron chi connectivity index (χ4n) is 0. The smallest absolute Gasteiger partial charge is 0.214 e. The highest BCUT2D eigenvalue weighted by Gasteiger charge is 1.61. The van der Waals surface area contributed by atoms with Crippen LogP contribution in [-0.4, -0.2) is 5.91 Å². The molecule has 0 fully saturated rings. The molecule has 0 heterocycles. The number of allylic oxidation sites excluding steroid dienone is 1. The van der Waals surface area contributed by atoms with Crippen molar-refractivity contribution in [3.8, 4) is 0 Å². The molecule has 0 atom stereocenters. The van der Waals surface area contributed by atoms with Gasteiger partial charge in [0, 0.05) is 6.92 Å². The molecule has 0 rings (SSSR count). The molecule has 0 radical (unpaired) electrons. The lowest BCUT2D eigenvalue weighted by Crippen LogP contribution is -2.01. The standard InChI is InChI=1S/C3H7N.C2H5NO.C2H6/c1-3(2)4;1-2(3)4;1-2/h1,4H2,2H3;1H3,(H2,3,4);1-2H3. The van der Waals surface area contributed by atoms with Gasteiger partial charge in [-0.25, -0.2) is 0 Å². The molecule has 0 spiro atoms. The van der Waals surface area contributed by atoms with E-state index >= 15 is 0 Å². The third kappa shape index (κ3) is 258. The van der Waals surface area contributed by atoms with Crippen LogP contribution in [0.2, 0.25) is 0 Å². The van der Waals surface area contributed by atoms with Crippen molar-refractivity contribution in [2.24, 2.45) is 11.5 Å². The van der Waals surface area contributed by atoms with E-state index in [9.17, 15) is 4.79 Å². The maximum Gasteiger partial charge on any atom is 0.214 e. The molecule has 4 N–H and O–H groups in total. The average Bonchev–Trinajstić information content (AvgIpc) is 1.66. The van der Waals surface area contributed by atoms with Gasteiger partial charge in [0.2, 0.25) is 5.91 Å². The molecule has 0 saturated carbocycles. The summed E-state index contributed by atoms with van der Waals surface area (Å²) in [4.78, 5) is 9.22. The molecule has 0 aliphatic heterocycles.